The van der Waals surface area contributed by atoms with Crippen molar-refractivity contribution >= 4 is 9.84 Å². The van der Waals surface area contributed by atoms with Crippen molar-refractivity contribution in [3.8, 4) is 0 Å². The number of benzene rings is 1. The van der Waals surface area contributed by atoms with Crippen molar-refractivity contribution in [1.82, 2.24) is 0 Å². The third-order valence-electron chi connectivity index (χ3n) is 2.07. The highest BCUT2D eigenvalue weighted by molar-refractivity contribution is 7.94. The molecule has 1 aromatic rings. The summed E-state index contributed by atoms with van der Waals surface area (Å²) in [5.74, 6) is 0.329. The van der Waals surface area contributed by atoms with E-state index >= 15 is 0 Å². The minimum Gasteiger partial charge on any atom is -0.219 e. The maximum absolute atomic E-state index is 11.5. The highest BCUT2D eigenvalue weighted by Gasteiger charge is 2.10. The van der Waals surface area contributed by atoms with Crippen LogP contribution in [0.2, 0.25) is 0 Å². The third-order valence-corrected chi connectivity index (χ3v) is 3.42. The van der Waals surface area contributed by atoms with Crippen LogP contribution in [0.25, 0.3) is 0 Å². The Kier molecular flexibility index (Phi) is 3.11. The first-order valence-electron chi connectivity index (χ1n) is 4.45. The van der Waals surface area contributed by atoms with Crippen LogP contribution in [0.1, 0.15) is 25.3 Å². The summed E-state index contributed by atoms with van der Waals surface area (Å²) in [6, 6.07) is 6.96. The van der Waals surface area contributed by atoms with Gasteiger partial charge >= 0.3 is 0 Å². The van der Waals surface area contributed by atoms with Crippen molar-refractivity contribution in [3.63, 3.8) is 0 Å². The van der Waals surface area contributed by atoms with Crippen LogP contribution in [0.15, 0.2) is 41.1 Å². The lowest BCUT2D eigenvalue weighted by atomic mass is 10.0. The van der Waals surface area contributed by atoms with E-state index in [0.717, 1.165) is 11.0 Å². The van der Waals surface area contributed by atoms with Gasteiger partial charge < -0.3 is 0 Å². The van der Waals surface area contributed by atoms with Crippen LogP contribution in [-0.4, -0.2) is 8.42 Å². The molecule has 1 rings (SSSR count). The molecule has 0 aliphatic carbocycles. The Balaban J connectivity index is 3.26. The molecule has 0 aliphatic rings. The van der Waals surface area contributed by atoms with Gasteiger partial charge in [0.25, 0.3) is 0 Å². The molecule has 0 spiro atoms. The van der Waals surface area contributed by atoms with Crippen LogP contribution in [0, 0.1) is 0 Å². The van der Waals surface area contributed by atoms with Crippen molar-refractivity contribution in [2.75, 3.05) is 0 Å². The van der Waals surface area contributed by atoms with Gasteiger partial charge in [0.2, 0.25) is 0 Å². The lowest BCUT2D eigenvalue weighted by molar-refractivity contribution is 0.604. The van der Waals surface area contributed by atoms with E-state index in [4.69, 9.17) is 0 Å². The molecule has 0 fully saturated rings. The van der Waals surface area contributed by atoms with E-state index in [2.05, 4.69) is 6.58 Å². The third kappa shape index (κ3) is 2.23. The van der Waals surface area contributed by atoms with Gasteiger partial charge in [-0.2, -0.15) is 0 Å². The molecule has 76 valence electrons. The zero-order valence-corrected chi connectivity index (χ0v) is 9.21. The molecule has 0 bridgehead atoms. The van der Waals surface area contributed by atoms with Crippen molar-refractivity contribution < 1.29 is 8.42 Å². The average molecular weight is 210 g/mol. The maximum atomic E-state index is 11.5. The van der Waals surface area contributed by atoms with E-state index in [1.165, 1.54) is 0 Å². The van der Waals surface area contributed by atoms with Crippen molar-refractivity contribution in [2.24, 2.45) is 0 Å². The van der Waals surface area contributed by atoms with E-state index in [0.29, 0.717) is 10.8 Å². The van der Waals surface area contributed by atoms with Crippen molar-refractivity contribution in [1.29, 1.82) is 0 Å². The molecule has 0 unspecified atom stereocenters. The van der Waals surface area contributed by atoms with Crippen molar-refractivity contribution in [2.45, 2.75) is 24.7 Å². The summed E-state index contributed by atoms with van der Waals surface area (Å²) in [5.41, 5.74) is 1.02. The summed E-state index contributed by atoms with van der Waals surface area (Å²) in [6.07, 6.45) is 0. The van der Waals surface area contributed by atoms with Gasteiger partial charge in [-0.1, -0.05) is 32.6 Å². The molecule has 0 heterocycles. The summed E-state index contributed by atoms with van der Waals surface area (Å²) in [5, 5.41) is 0.979. The molecule has 1 aromatic carbocycles. The summed E-state index contributed by atoms with van der Waals surface area (Å²) >= 11 is 0. The second kappa shape index (κ2) is 3.96. The monoisotopic (exact) mass is 210 g/mol. The Morgan fingerprint density at radius 1 is 1.36 bits per heavy atom. The molecule has 0 aliphatic heterocycles. The first-order chi connectivity index (χ1) is 6.47. The number of rotatable bonds is 3. The lowest BCUT2D eigenvalue weighted by Crippen LogP contribution is -1.97. The first kappa shape index (κ1) is 11.0. The normalized spacial score (nSPS) is 11.6. The van der Waals surface area contributed by atoms with E-state index < -0.39 is 9.84 Å². The molecule has 0 N–H and O–H groups in total. The van der Waals surface area contributed by atoms with E-state index in [1.54, 1.807) is 18.2 Å². The fraction of sp³-hybridized carbons (Fsp3) is 0.273. The fourth-order valence-electron chi connectivity index (χ4n) is 1.15. The van der Waals surface area contributed by atoms with E-state index in [9.17, 15) is 8.42 Å². The second-order valence-electron chi connectivity index (χ2n) is 3.44. The standard InChI is InChI=1S/C11H14O2S/c1-4-14(12,13)11-7-5-6-10(8-11)9(2)3/h4-9H,1H2,2-3H3. The van der Waals surface area contributed by atoms with Crippen LogP contribution < -0.4 is 0 Å². The maximum Gasteiger partial charge on any atom is 0.199 e. The molecule has 0 saturated heterocycles. The highest BCUT2D eigenvalue weighted by Crippen LogP contribution is 2.19. The Labute approximate surface area is 85.2 Å². The molecule has 2 nitrogen and oxygen atoms in total. The molecule has 0 aromatic heterocycles. The molecule has 0 radical (unpaired) electrons. The van der Waals surface area contributed by atoms with Gasteiger partial charge in [-0.05, 0) is 23.6 Å². The van der Waals surface area contributed by atoms with E-state index in [-0.39, 0.29) is 0 Å². The minimum absolute atomic E-state index is 0.318. The van der Waals surface area contributed by atoms with Crippen LogP contribution in [-0.2, 0) is 9.84 Å². The Morgan fingerprint density at radius 2 is 2.00 bits per heavy atom. The predicted octanol–water partition coefficient (Wildman–Crippen LogP) is 2.73. The SMILES string of the molecule is C=CS(=O)(=O)c1cccc(C(C)C)c1. The van der Waals surface area contributed by atoms with Gasteiger partial charge in [-0.3, -0.25) is 0 Å². The van der Waals surface area contributed by atoms with E-state index in [1.807, 2.05) is 19.9 Å². The smallest absolute Gasteiger partial charge is 0.199 e. The predicted molar refractivity (Wildman–Crippen MR) is 57.9 cm³/mol. The first-order valence-corrected chi connectivity index (χ1v) is 5.99. The van der Waals surface area contributed by atoms with Gasteiger partial charge in [0.15, 0.2) is 9.84 Å². The zero-order chi connectivity index (χ0) is 10.8. The Hall–Kier alpha value is -1.09. The summed E-state index contributed by atoms with van der Waals surface area (Å²) in [6.45, 7) is 7.35. The quantitative estimate of drug-likeness (QED) is 0.768. The number of hydrogen-bond acceptors (Lipinski definition) is 2. The average Bonchev–Trinajstić information content (AvgIpc) is 2.18. The fourth-order valence-corrected chi connectivity index (χ4v) is 1.91. The van der Waals surface area contributed by atoms with Crippen molar-refractivity contribution in [3.05, 3.63) is 41.8 Å². The summed E-state index contributed by atoms with van der Waals surface area (Å²) < 4.78 is 22.9. The second-order valence-corrected chi connectivity index (χ2v) is 5.33. The zero-order valence-electron chi connectivity index (χ0n) is 8.40. The van der Waals surface area contributed by atoms with Crippen LogP contribution in [0.4, 0.5) is 0 Å². The van der Waals surface area contributed by atoms with Gasteiger partial charge in [0.05, 0.1) is 4.90 Å². The Bertz CT molecular complexity index is 430. The van der Waals surface area contributed by atoms with Crippen LogP contribution in [0.5, 0.6) is 0 Å². The minimum atomic E-state index is -3.29. The molecule has 14 heavy (non-hydrogen) atoms. The van der Waals surface area contributed by atoms with Gasteiger partial charge in [0, 0.05) is 5.41 Å². The molecule has 0 amide bonds. The highest BCUT2D eigenvalue weighted by atomic mass is 32.2. The molecular weight excluding hydrogens is 196 g/mol. The Morgan fingerprint density at radius 3 is 2.50 bits per heavy atom. The largest absolute Gasteiger partial charge is 0.219 e. The number of hydrogen-bond donors (Lipinski definition) is 0. The molecule has 3 heteroatoms. The lowest BCUT2D eigenvalue weighted by Gasteiger charge is -2.06. The van der Waals surface area contributed by atoms with Gasteiger partial charge in [-0.25, -0.2) is 8.42 Å². The van der Waals surface area contributed by atoms with Gasteiger partial charge in [0.1, 0.15) is 0 Å². The summed E-state index contributed by atoms with van der Waals surface area (Å²) in [7, 11) is -3.29. The molecular formula is C11H14O2S. The molecule has 0 saturated carbocycles. The number of sulfone groups is 1. The van der Waals surface area contributed by atoms with Crippen LogP contribution >= 0.6 is 0 Å². The topological polar surface area (TPSA) is 34.1 Å². The molecule has 0 atom stereocenters. The summed E-state index contributed by atoms with van der Waals surface area (Å²) in [4.78, 5) is 0.318. The van der Waals surface area contributed by atoms with Crippen LogP contribution in [0.3, 0.4) is 0 Å². The van der Waals surface area contributed by atoms with Gasteiger partial charge in [-0.15, -0.1) is 0 Å².